The number of nitrogens with zero attached hydrogens (tertiary/aromatic N) is 1. The van der Waals surface area contributed by atoms with Crippen LogP contribution in [-0.4, -0.2) is 29.1 Å². The van der Waals surface area contributed by atoms with Gasteiger partial charge in [-0.3, -0.25) is 9.69 Å². The van der Waals surface area contributed by atoms with Crippen molar-refractivity contribution >= 4 is 37.8 Å². The number of likely N-dealkylation sites (tertiary alicyclic amines) is 1. The van der Waals surface area contributed by atoms with Gasteiger partial charge in [-0.1, -0.05) is 31.9 Å². The normalized spacial score (nSPS) is 16.9. The Morgan fingerprint density at radius 2 is 1.94 bits per heavy atom. The van der Waals surface area contributed by atoms with Crippen molar-refractivity contribution in [1.29, 1.82) is 0 Å². The number of rotatable bonds is 3. The molecule has 1 heterocycles. The standard InChI is InChI=1S/C12H13Br2NO2/c1-7-10(13)2-8(3-11(7)14)4-15-5-9(6-15)12(16)17/h2-3,9H,4-6H2,1H3,(H,16,17). The number of carboxylic acid groups (broad SMARTS) is 1. The summed E-state index contributed by atoms with van der Waals surface area (Å²) in [5, 5.41) is 8.80. The predicted octanol–water partition coefficient (Wildman–Crippen LogP) is 3.04. The first-order valence-electron chi connectivity index (χ1n) is 5.37. The number of hydrogen-bond donors (Lipinski definition) is 1. The summed E-state index contributed by atoms with van der Waals surface area (Å²) in [4.78, 5) is 12.8. The first kappa shape index (κ1) is 13.1. The van der Waals surface area contributed by atoms with Gasteiger partial charge in [0.25, 0.3) is 0 Å². The van der Waals surface area contributed by atoms with E-state index in [9.17, 15) is 4.79 Å². The largest absolute Gasteiger partial charge is 0.481 e. The van der Waals surface area contributed by atoms with Gasteiger partial charge < -0.3 is 5.11 Å². The summed E-state index contributed by atoms with van der Waals surface area (Å²) < 4.78 is 2.16. The number of carbonyl (C=O) groups is 1. The second-order valence-corrected chi connectivity index (χ2v) is 6.12. The van der Waals surface area contributed by atoms with Crippen molar-refractivity contribution in [3.63, 3.8) is 0 Å². The van der Waals surface area contributed by atoms with Crippen LogP contribution in [0.3, 0.4) is 0 Å². The second kappa shape index (κ2) is 5.08. The van der Waals surface area contributed by atoms with E-state index in [4.69, 9.17) is 5.11 Å². The van der Waals surface area contributed by atoms with E-state index in [1.807, 2.05) is 6.92 Å². The predicted molar refractivity (Wildman–Crippen MR) is 73.0 cm³/mol. The molecule has 1 fully saturated rings. The Hall–Kier alpha value is -0.390. The molecule has 1 N–H and O–H groups in total. The second-order valence-electron chi connectivity index (χ2n) is 4.41. The van der Waals surface area contributed by atoms with Gasteiger partial charge in [-0.25, -0.2) is 0 Å². The summed E-state index contributed by atoms with van der Waals surface area (Å²) in [5.41, 5.74) is 2.37. The fourth-order valence-electron chi connectivity index (χ4n) is 1.90. The zero-order valence-corrected chi connectivity index (χ0v) is 12.6. The van der Waals surface area contributed by atoms with Gasteiger partial charge in [0.15, 0.2) is 0 Å². The zero-order chi connectivity index (χ0) is 12.6. The molecule has 1 aliphatic heterocycles. The molecule has 1 aromatic carbocycles. The van der Waals surface area contributed by atoms with Crippen molar-refractivity contribution in [2.45, 2.75) is 13.5 Å². The lowest BCUT2D eigenvalue weighted by Crippen LogP contribution is -2.49. The van der Waals surface area contributed by atoms with Gasteiger partial charge in [0.1, 0.15) is 0 Å². The summed E-state index contributed by atoms with van der Waals surface area (Å²) in [6.45, 7) is 4.15. The molecular formula is C12H13Br2NO2. The monoisotopic (exact) mass is 361 g/mol. The van der Waals surface area contributed by atoms with E-state index >= 15 is 0 Å². The Labute approximate surface area is 117 Å². The molecule has 0 bridgehead atoms. The third-order valence-corrected chi connectivity index (χ3v) is 4.70. The minimum atomic E-state index is -0.687. The molecule has 92 valence electrons. The highest BCUT2D eigenvalue weighted by Crippen LogP contribution is 2.28. The molecule has 17 heavy (non-hydrogen) atoms. The Bertz CT molecular complexity index is 433. The molecule has 2 rings (SSSR count). The topological polar surface area (TPSA) is 40.5 Å². The van der Waals surface area contributed by atoms with Gasteiger partial charge in [0.05, 0.1) is 5.92 Å². The molecule has 1 aliphatic rings. The molecule has 0 aliphatic carbocycles. The lowest BCUT2D eigenvalue weighted by atomic mass is 9.99. The summed E-state index contributed by atoms with van der Waals surface area (Å²) in [5.74, 6) is -0.875. The van der Waals surface area contributed by atoms with Crippen molar-refractivity contribution in [2.75, 3.05) is 13.1 Å². The van der Waals surface area contributed by atoms with E-state index in [1.54, 1.807) is 0 Å². The van der Waals surface area contributed by atoms with Crippen LogP contribution >= 0.6 is 31.9 Å². The van der Waals surface area contributed by atoms with E-state index in [0.717, 1.165) is 15.5 Å². The third kappa shape index (κ3) is 2.89. The highest BCUT2D eigenvalue weighted by atomic mass is 79.9. The summed E-state index contributed by atoms with van der Waals surface area (Å²) in [6.07, 6.45) is 0. The van der Waals surface area contributed by atoms with Crippen molar-refractivity contribution in [1.82, 2.24) is 4.90 Å². The SMILES string of the molecule is Cc1c(Br)cc(CN2CC(C(=O)O)C2)cc1Br. The number of carboxylic acids is 1. The Balaban J connectivity index is 1.99. The Morgan fingerprint density at radius 1 is 1.41 bits per heavy atom. The smallest absolute Gasteiger partial charge is 0.309 e. The summed E-state index contributed by atoms with van der Waals surface area (Å²) in [7, 11) is 0. The quantitative estimate of drug-likeness (QED) is 0.898. The minimum Gasteiger partial charge on any atom is -0.481 e. The minimum absolute atomic E-state index is 0.188. The molecule has 0 unspecified atom stereocenters. The van der Waals surface area contributed by atoms with Gasteiger partial charge in [0, 0.05) is 28.6 Å². The molecule has 0 amide bonds. The van der Waals surface area contributed by atoms with Crippen molar-refractivity contribution in [3.8, 4) is 0 Å². The van der Waals surface area contributed by atoms with Crippen molar-refractivity contribution in [3.05, 3.63) is 32.2 Å². The molecule has 1 saturated heterocycles. The van der Waals surface area contributed by atoms with Crippen LogP contribution in [0.4, 0.5) is 0 Å². The van der Waals surface area contributed by atoms with E-state index in [-0.39, 0.29) is 5.92 Å². The first-order valence-corrected chi connectivity index (χ1v) is 6.95. The van der Waals surface area contributed by atoms with Crippen LogP contribution in [-0.2, 0) is 11.3 Å². The fourth-order valence-corrected chi connectivity index (χ4v) is 3.18. The fraction of sp³-hybridized carbons (Fsp3) is 0.417. The van der Waals surface area contributed by atoms with Gasteiger partial charge in [0.2, 0.25) is 0 Å². The van der Waals surface area contributed by atoms with Gasteiger partial charge >= 0.3 is 5.97 Å². The Morgan fingerprint density at radius 3 is 2.41 bits per heavy atom. The number of benzene rings is 1. The summed E-state index contributed by atoms with van der Waals surface area (Å²) in [6, 6.07) is 4.18. The van der Waals surface area contributed by atoms with Crippen LogP contribution in [0.15, 0.2) is 21.1 Å². The highest BCUT2D eigenvalue weighted by molar-refractivity contribution is 9.11. The number of hydrogen-bond acceptors (Lipinski definition) is 2. The molecule has 3 nitrogen and oxygen atoms in total. The van der Waals surface area contributed by atoms with Crippen LogP contribution in [0.1, 0.15) is 11.1 Å². The van der Waals surface area contributed by atoms with Gasteiger partial charge in [-0.15, -0.1) is 0 Å². The van der Waals surface area contributed by atoms with Crippen LogP contribution in [0, 0.1) is 12.8 Å². The molecule has 0 saturated carbocycles. The van der Waals surface area contributed by atoms with E-state index < -0.39 is 5.97 Å². The van der Waals surface area contributed by atoms with E-state index in [2.05, 4.69) is 48.9 Å². The third-order valence-electron chi connectivity index (χ3n) is 3.05. The van der Waals surface area contributed by atoms with Gasteiger partial charge in [-0.05, 0) is 30.2 Å². The van der Waals surface area contributed by atoms with Gasteiger partial charge in [-0.2, -0.15) is 0 Å². The number of halogens is 2. The molecule has 0 radical (unpaired) electrons. The Kier molecular flexibility index (Phi) is 3.90. The van der Waals surface area contributed by atoms with Crippen LogP contribution in [0.5, 0.6) is 0 Å². The van der Waals surface area contributed by atoms with Crippen LogP contribution in [0.2, 0.25) is 0 Å². The first-order chi connectivity index (χ1) is 7.97. The lowest BCUT2D eigenvalue weighted by molar-refractivity contribution is -0.147. The maximum absolute atomic E-state index is 10.7. The van der Waals surface area contributed by atoms with Crippen molar-refractivity contribution in [2.24, 2.45) is 5.92 Å². The average molecular weight is 363 g/mol. The molecular weight excluding hydrogens is 350 g/mol. The molecule has 5 heteroatoms. The van der Waals surface area contributed by atoms with Crippen LogP contribution < -0.4 is 0 Å². The maximum Gasteiger partial charge on any atom is 0.309 e. The lowest BCUT2D eigenvalue weighted by Gasteiger charge is -2.36. The maximum atomic E-state index is 10.7. The highest BCUT2D eigenvalue weighted by Gasteiger charge is 2.32. The van der Waals surface area contributed by atoms with Crippen molar-refractivity contribution < 1.29 is 9.90 Å². The van der Waals surface area contributed by atoms with Crippen LogP contribution in [0.25, 0.3) is 0 Å². The molecule has 0 atom stereocenters. The average Bonchev–Trinajstić information content (AvgIpc) is 2.18. The van der Waals surface area contributed by atoms with E-state index in [0.29, 0.717) is 13.1 Å². The zero-order valence-electron chi connectivity index (χ0n) is 9.41. The summed E-state index contributed by atoms with van der Waals surface area (Å²) >= 11 is 7.04. The molecule has 0 spiro atoms. The van der Waals surface area contributed by atoms with E-state index in [1.165, 1.54) is 11.1 Å². The molecule has 1 aromatic rings. The molecule has 0 aromatic heterocycles. The number of aliphatic carboxylic acids is 1.